The van der Waals surface area contributed by atoms with Gasteiger partial charge in [0.05, 0.1) is 6.04 Å². The zero-order chi connectivity index (χ0) is 13.8. The van der Waals surface area contributed by atoms with Crippen LogP contribution in [0.4, 0.5) is 0 Å². The lowest BCUT2D eigenvalue weighted by Crippen LogP contribution is -2.44. The van der Waals surface area contributed by atoms with Crippen LogP contribution in [0.15, 0.2) is 24.3 Å². The monoisotopic (exact) mass is 280 g/mol. The summed E-state index contributed by atoms with van der Waals surface area (Å²) in [5, 5.41) is 0.834. The Morgan fingerprint density at radius 2 is 2.00 bits per heavy atom. The number of nitrogens with two attached hydrogens (primary N) is 1. The molecule has 2 rings (SSSR count). The lowest BCUT2D eigenvalue weighted by Gasteiger charge is -2.38. The summed E-state index contributed by atoms with van der Waals surface area (Å²) in [5.41, 5.74) is 7.46. The minimum absolute atomic E-state index is 0.0837. The molecule has 1 aromatic carbocycles. The van der Waals surface area contributed by atoms with Crippen LogP contribution in [0.3, 0.4) is 0 Å². The van der Waals surface area contributed by atoms with Crippen molar-refractivity contribution in [2.75, 3.05) is 6.54 Å². The summed E-state index contributed by atoms with van der Waals surface area (Å²) in [6.07, 6.45) is 5.17. The van der Waals surface area contributed by atoms with E-state index in [2.05, 4.69) is 30.9 Å². The predicted molar refractivity (Wildman–Crippen MR) is 82.5 cm³/mol. The Morgan fingerprint density at radius 3 is 2.68 bits per heavy atom. The molecule has 106 valence electrons. The molecule has 1 fully saturated rings. The fraction of sp³-hybridized carbons (Fsp3) is 0.625. The molecular weight excluding hydrogens is 256 g/mol. The van der Waals surface area contributed by atoms with E-state index in [1.54, 1.807) is 0 Å². The normalized spacial score (nSPS) is 24.7. The molecule has 2 N–H and O–H groups in total. The number of likely N-dealkylation sites (tertiary alicyclic amines) is 1. The van der Waals surface area contributed by atoms with Crippen LogP contribution in [0.2, 0.25) is 5.02 Å². The molecule has 0 spiro atoms. The largest absolute Gasteiger partial charge is 0.326 e. The van der Waals surface area contributed by atoms with Gasteiger partial charge in [-0.05, 0) is 44.9 Å². The van der Waals surface area contributed by atoms with Crippen molar-refractivity contribution in [3.05, 3.63) is 34.9 Å². The van der Waals surface area contributed by atoms with E-state index in [1.165, 1.54) is 31.2 Å². The van der Waals surface area contributed by atoms with Gasteiger partial charge in [-0.1, -0.05) is 42.6 Å². The number of hydrogen-bond acceptors (Lipinski definition) is 2. The molecule has 1 saturated heterocycles. The number of halogens is 1. The molecule has 0 aliphatic carbocycles. The Morgan fingerprint density at radius 1 is 1.26 bits per heavy atom. The van der Waals surface area contributed by atoms with Crippen molar-refractivity contribution < 1.29 is 0 Å². The van der Waals surface area contributed by atoms with Crippen molar-refractivity contribution in [2.24, 2.45) is 5.73 Å². The molecule has 1 aliphatic heterocycles. The van der Waals surface area contributed by atoms with Gasteiger partial charge in [0.1, 0.15) is 0 Å². The lowest BCUT2D eigenvalue weighted by molar-refractivity contribution is 0.130. The standard InChI is InChI=1S/C16H25ClN2/c1-12-8-4-3-7-11-19(12)16(13(2)18)14-9-5-6-10-15(14)17/h5-6,9-10,12-13,16H,3-4,7-8,11,18H2,1-2H3. The minimum Gasteiger partial charge on any atom is -0.326 e. The highest BCUT2D eigenvalue weighted by molar-refractivity contribution is 6.31. The molecule has 3 heteroatoms. The molecule has 19 heavy (non-hydrogen) atoms. The van der Waals surface area contributed by atoms with Crippen LogP contribution in [-0.2, 0) is 0 Å². The highest BCUT2D eigenvalue weighted by Crippen LogP contribution is 2.33. The minimum atomic E-state index is 0.0837. The topological polar surface area (TPSA) is 29.3 Å². The molecule has 3 atom stereocenters. The van der Waals surface area contributed by atoms with E-state index in [4.69, 9.17) is 17.3 Å². The van der Waals surface area contributed by atoms with Gasteiger partial charge in [-0.2, -0.15) is 0 Å². The SMILES string of the molecule is CC(N)C(c1ccccc1Cl)N1CCCCCC1C. The third-order valence-electron chi connectivity index (χ3n) is 4.18. The van der Waals surface area contributed by atoms with Crippen LogP contribution in [0.1, 0.15) is 51.1 Å². The maximum Gasteiger partial charge on any atom is 0.0514 e. The first-order valence-corrected chi connectivity index (χ1v) is 7.75. The summed E-state index contributed by atoms with van der Waals surface area (Å²) in [6.45, 7) is 5.53. The average Bonchev–Trinajstić information content (AvgIpc) is 2.57. The predicted octanol–water partition coefficient (Wildman–Crippen LogP) is 3.99. The summed E-state index contributed by atoms with van der Waals surface area (Å²) < 4.78 is 0. The van der Waals surface area contributed by atoms with Gasteiger partial charge in [0.25, 0.3) is 0 Å². The Balaban J connectivity index is 2.31. The van der Waals surface area contributed by atoms with Crippen molar-refractivity contribution in [1.82, 2.24) is 4.90 Å². The van der Waals surface area contributed by atoms with Crippen molar-refractivity contribution in [2.45, 2.75) is 57.7 Å². The van der Waals surface area contributed by atoms with Gasteiger partial charge in [-0.15, -0.1) is 0 Å². The Bertz CT molecular complexity index is 405. The quantitative estimate of drug-likeness (QED) is 0.907. The Labute approximate surface area is 121 Å². The molecule has 0 aromatic heterocycles. The van der Waals surface area contributed by atoms with Gasteiger partial charge in [0, 0.05) is 17.1 Å². The Kier molecular flexibility index (Phi) is 5.26. The Hall–Kier alpha value is -0.570. The highest BCUT2D eigenvalue weighted by Gasteiger charge is 2.29. The molecule has 3 unspecified atom stereocenters. The van der Waals surface area contributed by atoms with Crippen LogP contribution in [0.25, 0.3) is 0 Å². The average molecular weight is 281 g/mol. The maximum absolute atomic E-state index is 6.39. The maximum atomic E-state index is 6.39. The van der Waals surface area contributed by atoms with Crippen molar-refractivity contribution in [3.8, 4) is 0 Å². The summed E-state index contributed by atoms with van der Waals surface area (Å²) in [4.78, 5) is 2.55. The number of nitrogens with zero attached hydrogens (tertiary/aromatic N) is 1. The summed E-state index contributed by atoms with van der Waals surface area (Å²) >= 11 is 6.39. The van der Waals surface area contributed by atoms with Crippen LogP contribution in [0, 0.1) is 0 Å². The second-order valence-electron chi connectivity index (χ2n) is 5.76. The zero-order valence-corrected chi connectivity index (χ0v) is 12.7. The van der Waals surface area contributed by atoms with Gasteiger partial charge in [0.15, 0.2) is 0 Å². The lowest BCUT2D eigenvalue weighted by atomic mass is 9.97. The van der Waals surface area contributed by atoms with E-state index in [1.807, 2.05) is 12.1 Å². The fourth-order valence-electron chi connectivity index (χ4n) is 3.19. The third kappa shape index (κ3) is 3.50. The highest BCUT2D eigenvalue weighted by atomic mass is 35.5. The molecule has 0 radical (unpaired) electrons. The van der Waals surface area contributed by atoms with Gasteiger partial charge < -0.3 is 5.73 Å². The van der Waals surface area contributed by atoms with Crippen molar-refractivity contribution in [3.63, 3.8) is 0 Å². The first kappa shape index (κ1) is 14.8. The van der Waals surface area contributed by atoms with E-state index in [0.29, 0.717) is 6.04 Å². The van der Waals surface area contributed by atoms with Crippen LogP contribution in [-0.4, -0.2) is 23.5 Å². The molecule has 2 nitrogen and oxygen atoms in total. The molecule has 1 heterocycles. The van der Waals surface area contributed by atoms with Crippen LogP contribution >= 0.6 is 11.6 Å². The number of rotatable bonds is 3. The van der Waals surface area contributed by atoms with E-state index in [0.717, 1.165) is 11.6 Å². The van der Waals surface area contributed by atoms with Crippen LogP contribution in [0.5, 0.6) is 0 Å². The fourth-order valence-corrected chi connectivity index (χ4v) is 3.44. The third-order valence-corrected chi connectivity index (χ3v) is 4.53. The van der Waals surface area contributed by atoms with Gasteiger partial charge >= 0.3 is 0 Å². The van der Waals surface area contributed by atoms with Crippen molar-refractivity contribution in [1.29, 1.82) is 0 Å². The second-order valence-corrected chi connectivity index (χ2v) is 6.17. The molecular formula is C16H25ClN2. The smallest absolute Gasteiger partial charge is 0.0514 e. The van der Waals surface area contributed by atoms with Gasteiger partial charge in [-0.3, -0.25) is 4.90 Å². The molecule has 1 aliphatic rings. The summed E-state index contributed by atoms with van der Waals surface area (Å²) in [7, 11) is 0. The van der Waals surface area contributed by atoms with Crippen molar-refractivity contribution >= 4 is 11.6 Å². The van der Waals surface area contributed by atoms with Gasteiger partial charge in [-0.25, -0.2) is 0 Å². The van der Waals surface area contributed by atoms with Gasteiger partial charge in [0.2, 0.25) is 0 Å². The first-order chi connectivity index (χ1) is 9.11. The van der Waals surface area contributed by atoms with E-state index >= 15 is 0 Å². The second kappa shape index (κ2) is 6.74. The van der Waals surface area contributed by atoms with Crippen LogP contribution < -0.4 is 5.73 Å². The zero-order valence-electron chi connectivity index (χ0n) is 12.0. The molecule has 1 aromatic rings. The molecule has 0 bridgehead atoms. The molecule has 0 saturated carbocycles. The van der Waals surface area contributed by atoms with E-state index in [-0.39, 0.29) is 12.1 Å². The summed E-state index contributed by atoms with van der Waals surface area (Å²) in [6, 6.07) is 9.01. The number of benzene rings is 1. The molecule has 0 amide bonds. The number of hydrogen-bond donors (Lipinski definition) is 1. The summed E-state index contributed by atoms with van der Waals surface area (Å²) in [5.74, 6) is 0. The van der Waals surface area contributed by atoms with E-state index in [9.17, 15) is 0 Å². The first-order valence-electron chi connectivity index (χ1n) is 7.37. The van der Waals surface area contributed by atoms with E-state index < -0.39 is 0 Å².